The monoisotopic (exact) mass is 391 g/mol. The number of ether oxygens (including phenoxy) is 1. The van der Waals surface area contributed by atoms with Crippen LogP contribution in [0.1, 0.15) is 12.5 Å². The first-order valence-corrected chi connectivity index (χ1v) is 8.85. The van der Waals surface area contributed by atoms with Gasteiger partial charge >= 0.3 is 6.03 Å². The van der Waals surface area contributed by atoms with Crippen LogP contribution in [-0.4, -0.2) is 37.0 Å². The van der Waals surface area contributed by atoms with E-state index < -0.39 is 5.41 Å². The lowest BCUT2D eigenvalue weighted by Crippen LogP contribution is -2.38. The number of urea groups is 1. The van der Waals surface area contributed by atoms with Crippen LogP contribution in [0.3, 0.4) is 0 Å². The maximum absolute atomic E-state index is 12.6. The third kappa shape index (κ3) is 4.01. The molecule has 3 rings (SSSR count). The summed E-state index contributed by atoms with van der Waals surface area (Å²) in [6.45, 7) is 2.89. The van der Waals surface area contributed by atoms with E-state index in [0.717, 1.165) is 11.3 Å². The molecule has 1 aliphatic heterocycles. The van der Waals surface area contributed by atoms with Gasteiger partial charge in [-0.2, -0.15) is 5.10 Å². The quantitative estimate of drug-likeness (QED) is 0.805. The van der Waals surface area contributed by atoms with Gasteiger partial charge in [-0.25, -0.2) is 9.80 Å². The number of halogens is 2. The van der Waals surface area contributed by atoms with Crippen molar-refractivity contribution in [3.05, 3.63) is 64.1 Å². The van der Waals surface area contributed by atoms with Gasteiger partial charge in [0.15, 0.2) is 0 Å². The van der Waals surface area contributed by atoms with E-state index in [-0.39, 0.29) is 6.03 Å². The zero-order valence-corrected chi connectivity index (χ0v) is 16.0. The van der Waals surface area contributed by atoms with Crippen LogP contribution in [0.4, 0.5) is 10.5 Å². The largest absolute Gasteiger partial charge is 0.384 e. The number of hydrazone groups is 1. The third-order valence-electron chi connectivity index (χ3n) is 4.20. The van der Waals surface area contributed by atoms with Crippen LogP contribution < -0.4 is 5.32 Å². The van der Waals surface area contributed by atoms with E-state index in [9.17, 15) is 4.79 Å². The SMILES string of the molecule is COCC1(C)CN(C(=O)Nc2ccc(Cl)cc2)N=C1c1ccc(Cl)cc1. The second-order valence-corrected chi connectivity index (χ2v) is 7.32. The first-order valence-electron chi connectivity index (χ1n) is 8.09. The molecule has 7 heteroatoms. The lowest BCUT2D eigenvalue weighted by molar-refractivity contribution is 0.122. The summed E-state index contributed by atoms with van der Waals surface area (Å²) in [6.07, 6.45) is 0. The number of carbonyl (C=O) groups is 1. The summed E-state index contributed by atoms with van der Waals surface area (Å²) < 4.78 is 5.38. The van der Waals surface area contributed by atoms with Gasteiger partial charge in [0.05, 0.1) is 24.3 Å². The van der Waals surface area contributed by atoms with Crippen molar-refractivity contribution >= 4 is 40.6 Å². The van der Waals surface area contributed by atoms with Gasteiger partial charge in [0.1, 0.15) is 0 Å². The molecule has 0 aromatic heterocycles. The number of rotatable bonds is 4. The van der Waals surface area contributed by atoms with Crippen LogP contribution in [0.5, 0.6) is 0 Å². The molecule has 0 saturated heterocycles. The topological polar surface area (TPSA) is 53.9 Å². The number of anilines is 1. The number of amides is 2. The standard InChI is InChI=1S/C19H19Cl2N3O2/c1-19(12-26-2)11-24(18(25)22-16-9-7-15(21)8-10-16)23-17(19)13-3-5-14(20)6-4-13/h3-10H,11-12H2,1-2H3,(H,22,25). The average molecular weight is 392 g/mol. The molecule has 0 aliphatic carbocycles. The highest BCUT2D eigenvalue weighted by Gasteiger charge is 2.41. The predicted molar refractivity (Wildman–Crippen MR) is 105 cm³/mol. The van der Waals surface area contributed by atoms with Crippen molar-refractivity contribution < 1.29 is 9.53 Å². The van der Waals surface area contributed by atoms with Gasteiger partial charge in [-0.05, 0) is 48.9 Å². The molecular weight excluding hydrogens is 373 g/mol. The second-order valence-electron chi connectivity index (χ2n) is 6.44. The van der Waals surface area contributed by atoms with E-state index in [1.807, 2.05) is 31.2 Å². The molecule has 1 aliphatic rings. The van der Waals surface area contributed by atoms with Crippen molar-refractivity contribution in [2.24, 2.45) is 10.5 Å². The van der Waals surface area contributed by atoms with Crippen molar-refractivity contribution in [1.82, 2.24) is 5.01 Å². The van der Waals surface area contributed by atoms with Crippen LogP contribution in [0, 0.1) is 5.41 Å². The van der Waals surface area contributed by atoms with E-state index in [4.69, 9.17) is 27.9 Å². The number of carbonyl (C=O) groups excluding carboxylic acids is 1. The first kappa shape index (κ1) is 18.7. The fraction of sp³-hybridized carbons (Fsp3) is 0.263. The average Bonchev–Trinajstić information content (AvgIpc) is 2.95. The molecule has 0 radical (unpaired) electrons. The van der Waals surface area contributed by atoms with Crippen LogP contribution in [0.15, 0.2) is 53.6 Å². The Morgan fingerprint density at radius 2 is 1.73 bits per heavy atom. The molecule has 1 N–H and O–H groups in total. The Bertz CT molecular complexity index is 822. The lowest BCUT2D eigenvalue weighted by atomic mass is 9.83. The Morgan fingerprint density at radius 1 is 1.15 bits per heavy atom. The Labute approximate surface area is 162 Å². The molecule has 1 unspecified atom stereocenters. The van der Waals surface area contributed by atoms with Gasteiger partial charge in [0.2, 0.25) is 0 Å². The maximum atomic E-state index is 12.6. The first-order chi connectivity index (χ1) is 12.4. The summed E-state index contributed by atoms with van der Waals surface area (Å²) >= 11 is 11.9. The summed E-state index contributed by atoms with van der Waals surface area (Å²) in [5.74, 6) is 0. The highest BCUT2D eigenvalue weighted by atomic mass is 35.5. The van der Waals surface area contributed by atoms with Crippen molar-refractivity contribution in [2.45, 2.75) is 6.92 Å². The molecule has 0 spiro atoms. The molecule has 136 valence electrons. The van der Waals surface area contributed by atoms with E-state index in [1.165, 1.54) is 5.01 Å². The minimum Gasteiger partial charge on any atom is -0.384 e. The summed E-state index contributed by atoms with van der Waals surface area (Å²) in [5, 5.41) is 10.1. The fourth-order valence-electron chi connectivity index (χ4n) is 2.97. The molecule has 26 heavy (non-hydrogen) atoms. The maximum Gasteiger partial charge on any atom is 0.342 e. The molecule has 0 fully saturated rings. The highest BCUT2D eigenvalue weighted by molar-refractivity contribution is 6.31. The molecule has 1 heterocycles. The fourth-order valence-corrected chi connectivity index (χ4v) is 3.22. The molecule has 5 nitrogen and oxygen atoms in total. The van der Waals surface area contributed by atoms with Gasteiger partial charge in [-0.3, -0.25) is 0 Å². The molecule has 0 bridgehead atoms. The molecule has 2 amide bonds. The summed E-state index contributed by atoms with van der Waals surface area (Å²) in [7, 11) is 1.64. The Balaban J connectivity index is 1.85. The van der Waals surface area contributed by atoms with Gasteiger partial charge in [-0.1, -0.05) is 35.3 Å². The van der Waals surface area contributed by atoms with Crippen LogP contribution in [0.2, 0.25) is 10.0 Å². The van der Waals surface area contributed by atoms with E-state index in [0.29, 0.717) is 28.9 Å². The zero-order chi connectivity index (χ0) is 18.7. The number of hydrogen-bond donors (Lipinski definition) is 1. The Kier molecular flexibility index (Phi) is 5.51. The minimum atomic E-state index is -0.417. The minimum absolute atomic E-state index is 0.307. The summed E-state index contributed by atoms with van der Waals surface area (Å²) in [6, 6.07) is 14.0. The molecule has 1 atom stereocenters. The second kappa shape index (κ2) is 7.66. The van der Waals surface area contributed by atoms with Crippen molar-refractivity contribution in [2.75, 3.05) is 25.6 Å². The Morgan fingerprint density at radius 3 is 2.31 bits per heavy atom. The highest BCUT2D eigenvalue weighted by Crippen LogP contribution is 2.32. The zero-order valence-electron chi connectivity index (χ0n) is 14.5. The Hall–Kier alpha value is -2.08. The molecular formula is C19H19Cl2N3O2. The normalized spacial score (nSPS) is 19.4. The van der Waals surface area contributed by atoms with Gasteiger partial charge in [0.25, 0.3) is 0 Å². The van der Waals surface area contributed by atoms with Crippen molar-refractivity contribution in [3.8, 4) is 0 Å². The van der Waals surface area contributed by atoms with E-state index in [1.54, 1.807) is 31.4 Å². The predicted octanol–water partition coefficient (Wildman–Crippen LogP) is 4.90. The van der Waals surface area contributed by atoms with Crippen LogP contribution in [-0.2, 0) is 4.74 Å². The molecule has 0 saturated carbocycles. The third-order valence-corrected chi connectivity index (χ3v) is 4.71. The van der Waals surface area contributed by atoms with Crippen LogP contribution in [0.25, 0.3) is 0 Å². The molecule has 2 aromatic rings. The lowest BCUT2D eigenvalue weighted by Gasteiger charge is -2.25. The number of hydrogen-bond acceptors (Lipinski definition) is 3. The number of nitrogens with one attached hydrogen (secondary N) is 1. The summed E-state index contributed by atoms with van der Waals surface area (Å²) in [4.78, 5) is 12.6. The van der Waals surface area contributed by atoms with E-state index in [2.05, 4.69) is 10.4 Å². The van der Waals surface area contributed by atoms with Crippen LogP contribution >= 0.6 is 23.2 Å². The molecule has 2 aromatic carbocycles. The van der Waals surface area contributed by atoms with Gasteiger partial charge in [-0.15, -0.1) is 0 Å². The van der Waals surface area contributed by atoms with Crippen molar-refractivity contribution in [3.63, 3.8) is 0 Å². The van der Waals surface area contributed by atoms with E-state index >= 15 is 0 Å². The van der Waals surface area contributed by atoms with Crippen molar-refractivity contribution in [1.29, 1.82) is 0 Å². The summed E-state index contributed by atoms with van der Waals surface area (Å²) in [5.41, 5.74) is 1.95. The van der Waals surface area contributed by atoms with Gasteiger partial charge < -0.3 is 10.1 Å². The number of nitrogens with zero attached hydrogens (tertiary/aromatic N) is 2. The van der Waals surface area contributed by atoms with Gasteiger partial charge in [0, 0.05) is 22.8 Å². The number of methoxy groups -OCH3 is 1. The number of benzene rings is 2. The smallest absolute Gasteiger partial charge is 0.342 e.